The van der Waals surface area contributed by atoms with Crippen LogP contribution in [0.4, 0.5) is 4.39 Å². The van der Waals surface area contributed by atoms with Crippen molar-refractivity contribution in [3.63, 3.8) is 0 Å². The molecule has 4 aromatic heterocycles. The lowest BCUT2D eigenvalue weighted by Crippen LogP contribution is -2.44. The molecule has 0 bridgehead atoms. The Morgan fingerprint density at radius 1 is 1.26 bits per heavy atom. The zero-order valence-electron chi connectivity index (χ0n) is 21.4. The maximum atomic E-state index is 13.4. The Balaban J connectivity index is 1.49. The summed E-state index contributed by atoms with van der Waals surface area (Å²) in [7, 11) is 0. The molecule has 11 heteroatoms. The quantitative estimate of drug-likeness (QED) is 0.415. The van der Waals surface area contributed by atoms with Gasteiger partial charge in [0.2, 0.25) is 0 Å². The van der Waals surface area contributed by atoms with Crippen molar-refractivity contribution >= 4 is 11.4 Å². The molecule has 10 nitrogen and oxygen atoms in total. The Bertz CT molecular complexity index is 1520. The summed E-state index contributed by atoms with van der Waals surface area (Å²) in [5.41, 5.74) is 3.99. The normalized spacial score (nSPS) is 17.3. The summed E-state index contributed by atoms with van der Waals surface area (Å²) in [6, 6.07) is 6.87. The van der Waals surface area contributed by atoms with Crippen molar-refractivity contribution < 1.29 is 19.0 Å². The summed E-state index contributed by atoms with van der Waals surface area (Å²) in [5, 5.41) is 28.4. The molecule has 5 rings (SSSR count). The van der Waals surface area contributed by atoms with Crippen LogP contribution in [0.25, 0.3) is 16.6 Å². The zero-order chi connectivity index (χ0) is 27.0. The molecule has 0 aromatic carbocycles. The largest absolute Gasteiger partial charge is 0.482 e. The van der Waals surface area contributed by atoms with Gasteiger partial charge in [0, 0.05) is 36.1 Å². The van der Waals surface area contributed by atoms with E-state index in [2.05, 4.69) is 21.3 Å². The number of carbonyl (C=O) groups is 1. The molecule has 0 saturated carbocycles. The second-order valence-corrected chi connectivity index (χ2v) is 9.56. The molecule has 1 aliphatic rings. The predicted octanol–water partition coefficient (Wildman–Crippen LogP) is 3.60. The van der Waals surface area contributed by atoms with Gasteiger partial charge < -0.3 is 14.7 Å². The van der Waals surface area contributed by atoms with Crippen molar-refractivity contribution in [2.75, 3.05) is 13.1 Å². The number of fused-ring (bicyclic) bond motifs is 1. The van der Waals surface area contributed by atoms with Crippen LogP contribution in [-0.2, 0) is 4.79 Å². The standard InChI is InChI=1S/C27H28FN7O3/c1-16-23(13-32-35(16)22-5-4-8-33(15-22)27(37)17(2)36)19-9-25(26-20(10-29)11-31-34(26)14-19)38-18(3)24-7-6-21(28)12-30-24/h6-7,9,11-14,17-18,22,36H,4-5,8,15H2,1-3H3/t17-,18+,22-/m0/s1. The third kappa shape index (κ3) is 4.70. The molecule has 196 valence electrons. The van der Waals surface area contributed by atoms with Crippen LogP contribution in [0.15, 0.2) is 43.0 Å². The predicted molar refractivity (Wildman–Crippen MR) is 136 cm³/mol. The molecule has 1 aliphatic heterocycles. The van der Waals surface area contributed by atoms with E-state index in [4.69, 9.17) is 4.74 Å². The lowest BCUT2D eigenvalue weighted by Gasteiger charge is -2.34. The second-order valence-electron chi connectivity index (χ2n) is 9.56. The number of carbonyl (C=O) groups excluding carboxylic acids is 1. The highest BCUT2D eigenvalue weighted by Gasteiger charge is 2.29. The minimum absolute atomic E-state index is 0.0147. The first kappa shape index (κ1) is 25.4. The third-order valence-corrected chi connectivity index (χ3v) is 6.93. The van der Waals surface area contributed by atoms with E-state index in [-0.39, 0.29) is 11.9 Å². The summed E-state index contributed by atoms with van der Waals surface area (Å²) in [4.78, 5) is 18.2. The number of piperidine rings is 1. The number of likely N-dealkylation sites (tertiary alicyclic amines) is 1. The van der Waals surface area contributed by atoms with Gasteiger partial charge in [-0.1, -0.05) is 0 Å². The Hall–Kier alpha value is -4.30. The number of rotatable bonds is 6. The van der Waals surface area contributed by atoms with Gasteiger partial charge in [-0.3, -0.25) is 14.5 Å². The average Bonchev–Trinajstić information content (AvgIpc) is 3.51. The monoisotopic (exact) mass is 517 g/mol. The van der Waals surface area contributed by atoms with Crippen molar-refractivity contribution in [2.24, 2.45) is 0 Å². The van der Waals surface area contributed by atoms with Gasteiger partial charge in [-0.25, -0.2) is 8.91 Å². The van der Waals surface area contributed by atoms with Crippen LogP contribution in [0.3, 0.4) is 0 Å². The van der Waals surface area contributed by atoms with E-state index >= 15 is 0 Å². The van der Waals surface area contributed by atoms with Crippen molar-refractivity contribution in [3.05, 3.63) is 65.8 Å². The van der Waals surface area contributed by atoms with Crippen LogP contribution in [-0.4, -0.2) is 59.5 Å². The first-order valence-corrected chi connectivity index (χ1v) is 12.5. The highest BCUT2D eigenvalue weighted by molar-refractivity contribution is 5.80. The Labute approximate surface area is 218 Å². The van der Waals surface area contributed by atoms with Crippen molar-refractivity contribution in [2.45, 2.75) is 51.9 Å². The fourth-order valence-electron chi connectivity index (χ4n) is 4.98. The molecule has 3 atom stereocenters. The van der Waals surface area contributed by atoms with Crippen LogP contribution in [0.1, 0.15) is 55.8 Å². The number of aliphatic hydroxyl groups excluding tert-OH is 1. The molecule has 0 spiro atoms. The van der Waals surface area contributed by atoms with Gasteiger partial charge in [0.05, 0.1) is 30.3 Å². The van der Waals surface area contributed by atoms with Gasteiger partial charge in [0.1, 0.15) is 40.9 Å². The molecule has 1 saturated heterocycles. The van der Waals surface area contributed by atoms with Crippen molar-refractivity contribution in [3.8, 4) is 22.9 Å². The van der Waals surface area contributed by atoms with Crippen LogP contribution >= 0.6 is 0 Å². The number of pyridine rings is 2. The van der Waals surface area contributed by atoms with Crippen LogP contribution in [0, 0.1) is 24.1 Å². The van der Waals surface area contributed by atoms with Gasteiger partial charge in [0.15, 0.2) is 0 Å². The van der Waals surface area contributed by atoms with E-state index < -0.39 is 18.0 Å². The molecule has 0 aliphatic carbocycles. The molecule has 5 heterocycles. The van der Waals surface area contributed by atoms with E-state index in [0.717, 1.165) is 35.9 Å². The summed E-state index contributed by atoms with van der Waals surface area (Å²) in [6.45, 7) is 6.35. The summed E-state index contributed by atoms with van der Waals surface area (Å²) < 4.78 is 23.1. The fraction of sp³-hybridized carbons (Fsp3) is 0.370. The van der Waals surface area contributed by atoms with Crippen molar-refractivity contribution in [1.82, 2.24) is 29.3 Å². The van der Waals surface area contributed by atoms with Crippen LogP contribution in [0.2, 0.25) is 0 Å². The van der Waals surface area contributed by atoms with E-state index in [1.54, 1.807) is 28.6 Å². The summed E-state index contributed by atoms with van der Waals surface area (Å²) >= 11 is 0. The average molecular weight is 518 g/mol. The summed E-state index contributed by atoms with van der Waals surface area (Å²) in [6.07, 6.45) is 6.36. The molecule has 38 heavy (non-hydrogen) atoms. The Kier molecular flexibility index (Phi) is 6.82. The minimum atomic E-state index is -1.03. The van der Waals surface area contributed by atoms with Crippen molar-refractivity contribution in [1.29, 1.82) is 5.26 Å². The lowest BCUT2D eigenvalue weighted by atomic mass is 10.0. The van der Waals surface area contributed by atoms with E-state index in [1.807, 2.05) is 23.9 Å². The van der Waals surface area contributed by atoms with E-state index in [1.165, 1.54) is 19.2 Å². The van der Waals surface area contributed by atoms with Gasteiger partial charge in [-0.2, -0.15) is 15.5 Å². The van der Waals surface area contributed by atoms with E-state index in [0.29, 0.717) is 35.6 Å². The molecule has 0 unspecified atom stereocenters. The molecular formula is C27H28FN7O3. The van der Waals surface area contributed by atoms with Gasteiger partial charge in [-0.05, 0) is 51.8 Å². The smallest absolute Gasteiger partial charge is 0.251 e. The van der Waals surface area contributed by atoms with E-state index in [9.17, 15) is 19.6 Å². The number of hydrogen-bond donors (Lipinski definition) is 1. The number of nitrogens with zero attached hydrogens (tertiary/aromatic N) is 7. The number of aromatic nitrogens is 5. The van der Waals surface area contributed by atoms with Gasteiger partial charge in [-0.15, -0.1) is 0 Å². The second kappa shape index (κ2) is 10.2. The molecule has 0 radical (unpaired) electrons. The van der Waals surface area contributed by atoms with Gasteiger partial charge >= 0.3 is 0 Å². The summed E-state index contributed by atoms with van der Waals surface area (Å²) in [5.74, 6) is -0.269. The number of amides is 1. The van der Waals surface area contributed by atoms with Gasteiger partial charge in [0.25, 0.3) is 5.91 Å². The SMILES string of the molecule is Cc1c(-c2cc(O[C@H](C)c3ccc(F)cn3)c3c(C#N)cnn3c2)cnn1[C@H]1CCCN(C(=O)[C@H](C)O)C1. The lowest BCUT2D eigenvalue weighted by molar-refractivity contribution is -0.141. The molecule has 4 aromatic rings. The van der Waals surface area contributed by atoms with Crippen LogP contribution < -0.4 is 4.74 Å². The Morgan fingerprint density at radius 3 is 2.79 bits per heavy atom. The molecular weight excluding hydrogens is 489 g/mol. The number of halogens is 1. The third-order valence-electron chi connectivity index (χ3n) is 6.93. The number of aliphatic hydroxyl groups is 1. The minimum Gasteiger partial charge on any atom is -0.482 e. The van der Waals surface area contributed by atoms with Crippen LogP contribution in [0.5, 0.6) is 5.75 Å². The maximum Gasteiger partial charge on any atom is 0.251 e. The molecule has 1 N–H and O–H groups in total. The Morgan fingerprint density at radius 2 is 2.08 bits per heavy atom. The number of nitriles is 1. The highest BCUT2D eigenvalue weighted by Crippen LogP contribution is 2.35. The first-order valence-electron chi connectivity index (χ1n) is 12.5. The number of ether oxygens (including phenoxy) is 1. The first-order chi connectivity index (χ1) is 18.3. The molecule has 1 fully saturated rings. The fourth-order valence-corrected chi connectivity index (χ4v) is 4.98. The molecule has 1 amide bonds. The zero-order valence-corrected chi connectivity index (χ0v) is 21.4. The number of hydrogen-bond acceptors (Lipinski definition) is 7. The topological polar surface area (TPSA) is 122 Å². The maximum absolute atomic E-state index is 13.4. The highest BCUT2D eigenvalue weighted by atomic mass is 19.1.